The summed E-state index contributed by atoms with van der Waals surface area (Å²) in [5.41, 5.74) is 0. The smallest absolute Gasteiger partial charge is 0.138 e. The Morgan fingerprint density at radius 3 is 2.71 bits per heavy atom. The third-order valence-corrected chi connectivity index (χ3v) is 3.05. The molecule has 3 nitrogen and oxygen atoms in total. The lowest BCUT2D eigenvalue weighted by atomic mass is 10.1. The first-order valence-electron chi connectivity index (χ1n) is 5.06. The lowest BCUT2D eigenvalue weighted by Crippen LogP contribution is -2.07. The number of rotatable bonds is 5. The van der Waals surface area contributed by atoms with Gasteiger partial charge in [-0.2, -0.15) is 5.10 Å². The highest BCUT2D eigenvalue weighted by Crippen LogP contribution is 2.17. The summed E-state index contributed by atoms with van der Waals surface area (Å²) < 4.78 is 1.84. The van der Waals surface area contributed by atoms with Crippen LogP contribution in [0.4, 0.5) is 0 Å². The summed E-state index contributed by atoms with van der Waals surface area (Å²) in [6, 6.07) is 0. The molecule has 4 heteroatoms. The maximum atomic E-state index is 4.20. The molecule has 80 valence electrons. The predicted octanol–water partition coefficient (Wildman–Crippen LogP) is 2.56. The molecular weight excluding hydrogens is 242 g/mol. The molecule has 1 rings (SSSR count). The van der Waals surface area contributed by atoms with Crippen LogP contribution < -0.4 is 0 Å². The van der Waals surface area contributed by atoms with Crippen molar-refractivity contribution in [1.29, 1.82) is 0 Å². The number of nitrogens with zero attached hydrogens (tertiary/aromatic N) is 3. The van der Waals surface area contributed by atoms with Crippen molar-refractivity contribution >= 4 is 15.9 Å². The van der Waals surface area contributed by atoms with Crippen LogP contribution in [0.15, 0.2) is 6.33 Å². The van der Waals surface area contributed by atoms with Crippen molar-refractivity contribution in [3.05, 3.63) is 12.2 Å². The van der Waals surface area contributed by atoms with Crippen LogP contribution in [0.1, 0.15) is 32.5 Å². The van der Waals surface area contributed by atoms with E-state index in [2.05, 4.69) is 39.9 Å². The standard InChI is InChI=1S/C10H18BrN3/c1-8(2)6-9(11)4-5-10-12-7-13-14(10)3/h7-9H,4-6H2,1-3H3. The Balaban J connectivity index is 2.30. The molecule has 0 aromatic carbocycles. The van der Waals surface area contributed by atoms with Crippen LogP contribution in [0.25, 0.3) is 0 Å². The van der Waals surface area contributed by atoms with Gasteiger partial charge >= 0.3 is 0 Å². The molecule has 1 heterocycles. The molecule has 1 atom stereocenters. The second-order valence-corrected chi connectivity index (χ2v) is 5.36. The lowest BCUT2D eigenvalue weighted by molar-refractivity contribution is 0.545. The van der Waals surface area contributed by atoms with Gasteiger partial charge in [0.1, 0.15) is 12.2 Å². The lowest BCUT2D eigenvalue weighted by Gasteiger charge is -2.11. The van der Waals surface area contributed by atoms with Crippen molar-refractivity contribution in [1.82, 2.24) is 14.8 Å². The van der Waals surface area contributed by atoms with E-state index in [0.717, 1.165) is 24.6 Å². The fourth-order valence-electron chi connectivity index (χ4n) is 1.46. The molecular formula is C10H18BrN3. The number of aromatic nitrogens is 3. The quantitative estimate of drug-likeness (QED) is 0.762. The number of hydrogen-bond donors (Lipinski definition) is 0. The average molecular weight is 260 g/mol. The Bertz CT molecular complexity index is 270. The summed E-state index contributed by atoms with van der Waals surface area (Å²) in [6.45, 7) is 4.49. The number of alkyl halides is 1. The first kappa shape index (κ1) is 11.7. The van der Waals surface area contributed by atoms with Crippen LogP contribution in [0, 0.1) is 5.92 Å². The minimum Gasteiger partial charge on any atom is -0.253 e. The first-order valence-corrected chi connectivity index (χ1v) is 5.98. The highest BCUT2D eigenvalue weighted by Gasteiger charge is 2.08. The number of hydrogen-bond acceptors (Lipinski definition) is 2. The molecule has 0 bridgehead atoms. The minimum atomic E-state index is 0.596. The van der Waals surface area contributed by atoms with Gasteiger partial charge in [-0.25, -0.2) is 4.98 Å². The van der Waals surface area contributed by atoms with Gasteiger partial charge < -0.3 is 0 Å². The zero-order chi connectivity index (χ0) is 10.6. The Kier molecular flexibility index (Phi) is 4.58. The maximum absolute atomic E-state index is 4.20. The van der Waals surface area contributed by atoms with E-state index < -0.39 is 0 Å². The molecule has 0 spiro atoms. The highest BCUT2D eigenvalue weighted by atomic mass is 79.9. The molecule has 1 aromatic heterocycles. The van der Waals surface area contributed by atoms with Crippen LogP contribution >= 0.6 is 15.9 Å². The SMILES string of the molecule is CC(C)CC(Br)CCc1ncnn1C. The zero-order valence-electron chi connectivity index (χ0n) is 9.07. The summed E-state index contributed by atoms with van der Waals surface area (Å²) in [6.07, 6.45) is 4.96. The first-order chi connectivity index (χ1) is 6.59. The molecule has 0 N–H and O–H groups in total. The van der Waals surface area contributed by atoms with E-state index in [-0.39, 0.29) is 0 Å². The molecule has 1 aromatic rings. The van der Waals surface area contributed by atoms with Crippen LogP contribution in [-0.4, -0.2) is 19.6 Å². The van der Waals surface area contributed by atoms with Crippen molar-refractivity contribution < 1.29 is 0 Å². The van der Waals surface area contributed by atoms with E-state index in [9.17, 15) is 0 Å². The topological polar surface area (TPSA) is 30.7 Å². The van der Waals surface area contributed by atoms with Gasteiger partial charge in [0.05, 0.1) is 0 Å². The minimum absolute atomic E-state index is 0.596. The van der Waals surface area contributed by atoms with E-state index in [1.54, 1.807) is 6.33 Å². The molecule has 1 unspecified atom stereocenters. The summed E-state index contributed by atoms with van der Waals surface area (Å²) in [5.74, 6) is 1.82. The third kappa shape index (κ3) is 3.78. The van der Waals surface area contributed by atoms with Crippen LogP contribution in [0.3, 0.4) is 0 Å². The van der Waals surface area contributed by atoms with E-state index >= 15 is 0 Å². The van der Waals surface area contributed by atoms with Crippen LogP contribution in [0.2, 0.25) is 0 Å². The van der Waals surface area contributed by atoms with Gasteiger partial charge in [-0.15, -0.1) is 0 Å². The van der Waals surface area contributed by atoms with Gasteiger partial charge in [-0.05, 0) is 18.8 Å². The Labute approximate surface area is 94.0 Å². The fourth-order valence-corrected chi connectivity index (χ4v) is 2.44. The maximum Gasteiger partial charge on any atom is 0.138 e. The van der Waals surface area contributed by atoms with E-state index in [4.69, 9.17) is 0 Å². The van der Waals surface area contributed by atoms with Crippen LogP contribution in [0.5, 0.6) is 0 Å². The molecule has 0 aliphatic rings. The molecule has 0 saturated carbocycles. The van der Waals surface area contributed by atoms with Gasteiger partial charge in [0.2, 0.25) is 0 Å². The van der Waals surface area contributed by atoms with Gasteiger partial charge in [-0.3, -0.25) is 4.68 Å². The van der Waals surface area contributed by atoms with E-state index in [1.807, 2.05) is 11.7 Å². The summed E-state index contributed by atoms with van der Waals surface area (Å²) in [5, 5.41) is 4.05. The zero-order valence-corrected chi connectivity index (χ0v) is 10.7. The van der Waals surface area contributed by atoms with Crippen molar-refractivity contribution in [2.45, 2.75) is 37.9 Å². The van der Waals surface area contributed by atoms with Gasteiger partial charge in [0, 0.05) is 18.3 Å². The van der Waals surface area contributed by atoms with Gasteiger partial charge in [0.15, 0.2) is 0 Å². The largest absolute Gasteiger partial charge is 0.253 e. The molecule has 0 radical (unpaired) electrons. The molecule has 0 aliphatic heterocycles. The average Bonchev–Trinajstić information content (AvgIpc) is 2.46. The Hall–Kier alpha value is -0.380. The molecule has 0 fully saturated rings. The monoisotopic (exact) mass is 259 g/mol. The number of aryl methyl sites for hydroxylation is 2. The summed E-state index contributed by atoms with van der Waals surface area (Å²) >= 11 is 3.69. The fraction of sp³-hybridized carbons (Fsp3) is 0.800. The Morgan fingerprint density at radius 1 is 1.50 bits per heavy atom. The normalized spacial score (nSPS) is 13.5. The second-order valence-electron chi connectivity index (χ2n) is 4.07. The second kappa shape index (κ2) is 5.49. The molecule has 0 saturated heterocycles. The van der Waals surface area contributed by atoms with Gasteiger partial charge in [-0.1, -0.05) is 29.8 Å². The predicted molar refractivity (Wildman–Crippen MR) is 61.5 cm³/mol. The van der Waals surface area contributed by atoms with Crippen molar-refractivity contribution in [3.63, 3.8) is 0 Å². The molecule has 14 heavy (non-hydrogen) atoms. The summed E-state index contributed by atoms with van der Waals surface area (Å²) in [4.78, 5) is 4.79. The molecule has 0 aliphatic carbocycles. The Morgan fingerprint density at radius 2 is 2.21 bits per heavy atom. The summed E-state index contributed by atoms with van der Waals surface area (Å²) in [7, 11) is 1.94. The van der Waals surface area contributed by atoms with Crippen molar-refractivity contribution in [3.8, 4) is 0 Å². The van der Waals surface area contributed by atoms with Crippen molar-refractivity contribution in [2.75, 3.05) is 0 Å². The van der Waals surface area contributed by atoms with E-state index in [0.29, 0.717) is 4.83 Å². The third-order valence-electron chi connectivity index (χ3n) is 2.21. The van der Waals surface area contributed by atoms with Gasteiger partial charge in [0.25, 0.3) is 0 Å². The van der Waals surface area contributed by atoms with Crippen molar-refractivity contribution in [2.24, 2.45) is 13.0 Å². The van der Waals surface area contributed by atoms with Crippen LogP contribution in [-0.2, 0) is 13.5 Å². The number of halogens is 1. The highest BCUT2D eigenvalue weighted by molar-refractivity contribution is 9.09. The van der Waals surface area contributed by atoms with E-state index in [1.165, 1.54) is 6.42 Å². The molecule has 0 amide bonds.